The van der Waals surface area contributed by atoms with Crippen LogP contribution in [0.5, 0.6) is 11.5 Å². The number of aromatic nitrogens is 4. The number of ether oxygens (including phenoxy) is 2. The second-order valence-corrected chi connectivity index (χ2v) is 8.81. The van der Waals surface area contributed by atoms with E-state index in [1.54, 1.807) is 53.5 Å². The Morgan fingerprint density at radius 2 is 1.66 bits per heavy atom. The third-order valence-corrected chi connectivity index (χ3v) is 6.05. The first-order valence-electron chi connectivity index (χ1n) is 11.3. The monoisotopic (exact) mass is 549 g/mol. The van der Waals surface area contributed by atoms with Crippen LogP contribution in [0.25, 0.3) is 16.7 Å². The summed E-state index contributed by atoms with van der Waals surface area (Å²) in [5.74, 6) is 1.84. The average molecular weight is 550 g/mol. The smallest absolute Gasteiger partial charge is 0.323 e. The summed E-state index contributed by atoms with van der Waals surface area (Å²) in [4.78, 5) is 21.5. The van der Waals surface area contributed by atoms with Crippen molar-refractivity contribution >= 4 is 63.1 Å². The van der Waals surface area contributed by atoms with E-state index in [2.05, 4.69) is 31.0 Å². The number of carbonyl (C=O) groups excluding carboxylic acids is 1. The van der Waals surface area contributed by atoms with Gasteiger partial charge in [-0.05, 0) is 48.5 Å². The molecule has 5 rings (SSSR count). The molecule has 0 aliphatic rings. The Kier molecular flexibility index (Phi) is 7.16. The fraction of sp³-hybridized carbons (Fsp3) is 0.0769. The first kappa shape index (κ1) is 25.1. The van der Waals surface area contributed by atoms with Crippen molar-refractivity contribution in [3.63, 3.8) is 0 Å². The first-order valence-corrected chi connectivity index (χ1v) is 12.0. The molecule has 0 spiro atoms. The minimum atomic E-state index is -0.468. The number of amides is 2. The quantitative estimate of drug-likeness (QED) is 0.211. The van der Waals surface area contributed by atoms with Crippen LogP contribution in [0.2, 0.25) is 10.0 Å². The normalized spacial score (nSPS) is 10.7. The molecule has 0 radical (unpaired) electrons. The van der Waals surface area contributed by atoms with E-state index in [-0.39, 0.29) is 0 Å². The second-order valence-electron chi connectivity index (χ2n) is 7.97. The fourth-order valence-electron chi connectivity index (χ4n) is 3.73. The van der Waals surface area contributed by atoms with Gasteiger partial charge in [0.1, 0.15) is 11.5 Å². The van der Waals surface area contributed by atoms with Crippen molar-refractivity contribution in [1.82, 2.24) is 19.7 Å². The highest BCUT2D eigenvalue weighted by Gasteiger charge is 2.14. The zero-order valence-corrected chi connectivity index (χ0v) is 21.7. The molecule has 3 N–H and O–H groups in total. The highest BCUT2D eigenvalue weighted by Crippen LogP contribution is 2.36. The molecule has 2 heterocycles. The topological polar surface area (TPSA) is 115 Å². The van der Waals surface area contributed by atoms with E-state index in [1.165, 1.54) is 14.2 Å². The predicted octanol–water partition coefficient (Wildman–Crippen LogP) is 6.53. The third-order valence-electron chi connectivity index (χ3n) is 5.51. The molecule has 10 nitrogen and oxygen atoms in total. The van der Waals surface area contributed by atoms with Gasteiger partial charge in [-0.3, -0.25) is 0 Å². The minimum absolute atomic E-state index is 0.341. The maximum atomic E-state index is 12.7. The van der Waals surface area contributed by atoms with Crippen LogP contribution in [0.1, 0.15) is 0 Å². The summed E-state index contributed by atoms with van der Waals surface area (Å²) in [6, 6.07) is 17.1. The second kappa shape index (κ2) is 10.8. The summed E-state index contributed by atoms with van der Waals surface area (Å²) in [7, 11) is 2.99. The van der Waals surface area contributed by atoms with Crippen molar-refractivity contribution in [1.29, 1.82) is 0 Å². The molecule has 0 aliphatic carbocycles. The Bertz CT molecular complexity index is 1620. The lowest BCUT2D eigenvalue weighted by Gasteiger charge is -2.13. The fourth-order valence-corrected chi connectivity index (χ4v) is 4.09. The van der Waals surface area contributed by atoms with Crippen LogP contribution in [-0.2, 0) is 0 Å². The number of nitrogens with zero attached hydrogens (tertiary/aromatic N) is 4. The minimum Gasteiger partial charge on any atom is -0.495 e. The molecule has 3 aromatic carbocycles. The molecule has 0 aliphatic heterocycles. The van der Waals surface area contributed by atoms with Crippen LogP contribution in [0.15, 0.2) is 73.1 Å². The largest absolute Gasteiger partial charge is 0.495 e. The van der Waals surface area contributed by atoms with Crippen molar-refractivity contribution < 1.29 is 14.3 Å². The van der Waals surface area contributed by atoms with Crippen molar-refractivity contribution in [3.8, 4) is 17.3 Å². The number of fused-ring (bicyclic) bond motifs is 1. The van der Waals surface area contributed by atoms with E-state index in [0.29, 0.717) is 44.7 Å². The number of methoxy groups -OCH3 is 2. The number of urea groups is 1. The highest BCUT2D eigenvalue weighted by atomic mass is 35.5. The standard InChI is InChI=1S/C26H21Cl2N7O3/c1-37-22-13-23(38-2)20(12-19(22)28)33-26(36)32-18-7-8-21-15(11-18)14-30-35(21)24-9-10-29-25(34-24)31-17-5-3-16(27)4-6-17/h3-14H,1-2H3,(H,29,31,34)(H2,32,33,36). The van der Waals surface area contributed by atoms with E-state index < -0.39 is 6.03 Å². The third kappa shape index (κ3) is 5.41. The summed E-state index contributed by atoms with van der Waals surface area (Å²) in [6.45, 7) is 0. The van der Waals surface area contributed by atoms with Gasteiger partial charge in [-0.1, -0.05) is 23.2 Å². The molecule has 12 heteroatoms. The van der Waals surface area contributed by atoms with Crippen LogP contribution < -0.4 is 25.4 Å². The lowest BCUT2D eigenvalue weighted by atomic mass is 10.2. The summed E-state index contributed by atoms with van der Waals surface area (Å²) in [6.07, 6.45) is 3.34. The van der Waals surface area contributed by atoms with Crippen molar-refractivity contribution in [3.05, 3.63) is 83.1 Å². The Labute approximate surface area is 227 Å². The molecule has 0 fully saturated rings. The number of benzene rings is 3. The number of hydrogen-bond acceptors (Lipinski definition) is 7. The summed E-state index contributed by atoms with van der Waals surface area (Å²) < 4.78 is 12.2. The van der Waals surface area contributed by atoms with Crippen LogP contribution in [-0.4, -0.2) is 40.0 Å². The van der Waals surface area contributed by atoms with Crippen LogP contribution in [0.4, 0.5) is 27.8 Å². The summed E-state index contributed by atoms with van der Waals surface area (Å²) in [5, 5.41) is 15.0. The van der Waals surface area contributed by atoms with Crippen LogP contribution in [0.3, 0.4) is 0 Å². The number of halogens is 2. The van der Waals surface area contributed by atoms with Gasteiger partial charge in [0.2, 0.25) is 5.95 Å². The molecule has 0 unspecified atom stereocenters. The van der Waals surface area contributed by atoms with E-state index in [1.807, 2.05) is 24.3 Å². The molecule has 38 heavy (non-hydrogen) atoms. The molecular formula is C26H21Cl2N7O3. The molecule has 0 saturated heterocycles. The summed E-state index contributed by atoms with van der Waals surface area (Å²) >= 11 is 12.2. The molecular weight excluding hydrogens is 529 g/mol. The zero-order chi connectivity index (χ0) is 26.6. The van der Waals surface area contributed by atoms with Crippen LogP contribution in [0, 0.1) is 0 Å². The van der Waals surface area contributed by atoms with Gasteiger partial charge in [-0.2, -0.15) is 10.1 Å². The van der Waals surface area contributed by atoms with E-state index in [0.717, 1.165) is 16.6 Å². The Hall–Kier alpha value is -4.54. The number of rotatable bonds is 7. The number of hydrogen-bond donors (Lipinski definition) is 3. The van der Waals surface area contributed by atoms with Crippen molar-refractivity contribution in [2.24, 2.45) is 0 Å². The lowest BCUT2D eigenvalue weighted by Crippen LogP contribution is -2.19. The van der Waals surface area contributed by atoms with Crippen molar-refractivity contribution in [2.75, 3.05) is 30.2 Å². The van der Waals surface area contributed by atoms with E-state index in [9.17, 15) is 4.79 Å². The van der Waals surface area contributed by atoms with Gasteiger partial charge < -0.3 is 25.4 Å². The molecule has 192 valence electrons. The molecule has 0 atom stereocenters. The molecule has 5 aromatic rings. The van der Waals surface area contributed by atoms with Gasteiger partial charge in [0, 0.05) is 40.1 Å². The molecule has 2 aromatic heterocycles. The van der Waals surface area contributed by atoms with E-state index in [4.69, 9.17) is 32.7 Å². The van der Waals surface area contributed by atoms with Gasteiger partial charge >= 0.3 is 6.03 Å². The number of nitrogens with one attached hydrogen (secondary N) is 3. The van der Waals surface area contributed by atoms with Gasteiger partial charge in [0.15, 0.2) is 5.82 Å². The zero-order valence-electron chi connectivity index (χ0n) is 20.2. The molecule has 0 saturated carbocycles. The highest BCUT2D eigenvalue weighted by molar-refractivity contribution is 6.32. The Morgan fingerprint density at radius 1 is 0.895 bits per heavy atom. The average Bonchev–Trinajstić information content (AvgIpc) is 3.34. The molecule has 2 amide bonds. The maximum Gasteiger partial charge on any atom is 0.323 e. The SMILES string of the molecule is COc1cc(OC)c(NC(=O)Nc2ccc3c(cnn3-c3ccnc(Nc4ccc(Cl)cc4)n3)c2)cc1Cl. The predicted molar refractivity (Wildman–Crippen MR) is 149 cm³/mol. The number of carbonyl (C=O) groups is 1. The van der Waals surface area contributed by atoms with Gasteiger partial charge in [0.25, 0.3) is 0 Å². The number of anilines is 4. The van der Waals surface area contributed by atoms with Crippen LogP contribution >= 0.6 is 23.2 Å². The lowest BCUT2D eigenvalue weighted by molar-refractivity contribution is 0.262. The maximum absolute atomic E-state index is 12.7. The summed E-state index contributed by atoms with van der Waals surface area (Å²) in [5.41, 5.74) is 2.58. The Morgan fingerprint density at radius 3 is 2.42 bits per heavy atom. The van der Waals surface area contributed by atoms with E-state index >= 15 is 0 Å². The molecule has 0 bridgehead atoms. The van der Waals surface area contributed by atoms with Gasteiger partial charge in [0.05, 0.1) is 36.6 Å². The van der Waals surface area contributed by atoms with Gasteiger partial charge in [-0.25, -0.2) is 14.5 Å². The first-order chi connectivity index (χ1) is 18.4. The van der Waals surface area contributed by atoms with Gasteiger partial charge in [-0.15, -0.1) is 0 Å². The van der Waals surface area contributed by atoms with Crippen molar-refractivity contribution in [2.45, 2.75) is 0 Å². The Balaban J connectivity index is 1.32.